The molecule has 84 valence electrons. The Balaban J connectivity index is 2.24. The van der Waals surface area contributed by atoms with Gasteiger partial charge in [-0.3, -0.25) is 4.79 Å². The zero-order chi connectivity index (χ0) is 11.5. The number of rotatable bonds is 4. The second kappa shape index (κ2) is 4.61. The number of nitrogens with one attached hydrogen (secondary N) is 1. The first-order valence-electron chi connectivity index (χ1n) is 5.24. The molecule has 1 unspecified atom stereocenters. The molecule has 1 aromatic carbocycles. The van der Waals surface area contributed by atoms with Gasteiger partial charge in [-0.2, -0.15) is 0 Å². The normalized spacial score (nSPS) is 12.8. The van der Waals surface area contributed by atoms with E-state index in [1.165, 1.54) is 11.8 Å². The molecule has 0 fully saturated rings. The molecule has 1 heterocycles. The monoisotopic (exact) mass is 234 g/mol. The lowest BCUT2D eigenvalue weighted by atomic mass is 10.3. The maximum atomic E-state index is 11.1. The Hall–Kier alpha value is -1.42. The highest BCUT2D eigenvalue weighted by Crippen LogP contribution is 2.27. The summed E-state index contributed by atoms with van der Waals surface area (Å²) in [5.41, 5.74) is 6.40. The van der Waals surface area contributed by atoms with E-state index in [9.17, 15) is 4.79 Å². The summed E-state index contributed by atoms with van der Waals surface area (Å²) in [5.74, 6) is -0.258. The summed E-state index contributed by atoms with van der Waals surface area (Å²) >= 11 is 1.49. The molecule has 1 atom stereocenters. The van der Waals surface area contributed by atoms with Gasteiger partial charge in [0, 0.05) is 10.9 Å². The summed E-state index contributed by atoms with van der Waals surface area (Å²) in [4.78, 5) is 14.4. The van der Waals surface area contributed by atoms with Gasteiger partial charge >= 0.3 is 0 Å². The number of para-hydroxylation sites is 1. The molecule has 0 aliphatic rings. The fourth-order valence-electron chi connectivity index (χ4n) is 1.61. The third kappa shape index (κ3) is 2.22. The van der Waals surface area contributed by atoms with E-state index in [1.54, 1.807) is 0 Å². The van der Waals surface area contributed by atoms with Crippen LogP contribution in [0.5, 0.6) is 0 Å². The molecule has 2 aromatic rings. The van der Waals surface area contributed by atoms with Gasteiger partial charge in [0.25, 0.3) is 0 Å². The van der Waals surface area contributed by atoms with E-state index in [2.05, 4.69) is 4.98 Å². The highest BCUT2D eigenvalue weighted by Gasteiger charge is 2.15. The van der Waals surface area contributed by atoms with Crippen molar-refractivity contribution in [1.29, 1.82) is 0 Å². The van der Waals surface area contributed by atoms with Gasteiger partial charge in [-0.25, -0.2) is 0 Å². The zero-order valence-corrected chi connectivity index (χ0v) is 9.88. The lowest BCUT2D eigenvalue weighted by molar-refractivity contribution is -0.117. The minimum absolute atomic E-state index is 0.159. The maximum absolute atomic E-state index is 11.1. The smallest absolute Gasteiger partial charge is 0.230 e. The molecule has 0 radical (unpaired) electrons. The number of primary amides is 1. The highest BCUT2D eigenvalue weighted by molar-refractivity contribution is 8.00. The summed E-state index contributed by atoms with van der Waals surface area (Å²) in [5, 5.41) is 1.99. The van der Waals surface area contributed by atoms with Crippen LogP contribution < -0.4 is 5.73 Å². The molecule has 1 amide bonds. The van der Waals surface area contributed by atoms with Crippen LogP contribution in [0.3, 0.4) is 0 Å². The van der Waals surface area contributed by atoms with Crippen LogP contribution in [-0.4, -0.2) is 16.1 Å². The number of H-pyrrole nitrogens is 1. The van der Waals surface area contributed by atoms with E-state index < -0.39 is 0 Å². The van der Waals surface area contributed by atoms with Crippen molar-refractivity contribution in [3.63, 3.8) is 0 Å². The summed E-state index contributed by atoms with van der Waals surface area (Å²) in [6.07, 6.45) is 0.745. The van der Waals surface area contributed by atoms with Crippen LogP contribution in [0.25, 0.3) is 10.9 Å². The average Bonchev–Trinajstić information content (AvgIpc) is 2.67. The largest absolute Gasteiger partial charge is 0.369 e. The van der Waals surface area contributed by atoms with Crippen molar-refractivity contribution in [2.24, 2.45) is 5.73 Å². The summed E-state index contributed by atoms with van der Waals surface area (Å²) < 4.78 is 0. The van der Waals surface area contributed by atoms with Crippen LogP contribution in [0.1, 0.15) is 13.3 Å². The molecular weight excluding hydrogens is 220 g/mol. The van der Waals surface area contributed by atoms with Crippen molar-refractivity contribution >= 4 is 28.6 Å². The van der Waals surface area contributed by atoms with Crippen LogP contribution in [0.15, 0.2) is 35.4 Å². The Labute approximate surface area is 98.4 Å². The van der Waals surface area contributed by atoms with E-state index in [-0.39, 0.29) is 11.2 Å². The fraction of sp³-hybridized carbons (Fsp3) is 0.250. The zero-order valence-electron chi connectivity index (χ0n) is 9.07. The third-order valence-corrected chi connectivity index (χ3v) is 3.79. The number of hydrogen-bond donors (Lipinski definition) is 2. The minimum Gasteiger partial charge on any atom is -0.369 e. The molecule has 3 N–H and O–H groups in total. The molecule has 16 heavy (non-hydrogen) atoms. The molecule has 0 saturated carbocycles. The van der Waals surface area contributed by atoms with E-state index in [0.29, 0.717) is 0 Å². The summed E-state index contributed by atoms with van der Waals surface area (Å²) in [6, 6.07) is 10.1. The molecule has 1 aromatic heterocycles. The number of aromatic nitrogens is 1. The molecule has 0 aliphatic carbocycles. The van der Waals surface area contributed by atoms with Crippen molar-refractivity contribution in [3.8, 4) is 0 Å². The van der Waals surface area contributed by atoms with Crippen LogP contribution in [-0.2, 0) is 4.79 Å². The van der Waals surface area contributed by atoms with Gasteiger partial charge < -0.3 is 10.7 Å². The fourth-order valence-corrected chi connectivity index (χ4v) is 2.56. The highest BCUT2D eigenvalue weighted by atomic mass is 32.2. The number of carbonyl (C=O) groups excluding carboxylic acids is 1. The van der Waals surface area contributed by atoms with Crippen LogP contribution >= 0.6 is 11.8 Å². The van der Waals surface area contributed by atoms with Crippen molar-refractivity contribution < 1.29 is 4.79 Å². The lowest BCUT2D eigenvalue weighted by Crippen LogP contribution is -2.24. The van der Waals surface area contributed by atoms with Crippen LogP contribution in [0.4, 0.5) is 0 Å². The lowest BCUT2D eigenvalue weighted by Gasteiger charge is -2.07. The summed E-state index contributed by atoms with van der Waals surface area (Å²) in [7, 11) is 0. The Bertz CT molecular complexity index is 473. The third-order valence-electron chi connectivity index (χ3n) is 2.46. The van der Waals surface area contributed by atoms with Crippen molar-refractivity contribution in [2.75, 3.05) is 0 Å². The Kier molecular flexibility index (Phi) is 3.19. The first kappa shape index (κ1) is 11.1. The summed E-state index contributed by atoms with van der Waals surface area (Å²) in [6.45, 7) is 1.96. The quantitative estimate of drug-likeness (QED) is 0.799. The molecule has 0 aliphatic heterocycles. The number of carbonyl (C=O) groups is 1. The Morgan fingerprint density at radius 1 is 1.50 bits per heavy atom. The molecule has 0 bridgehead atoms. The van der Waals surface area contributed by atoms with Gasteiger partial charge in [-0.05, 0) is 18.6 Å². The Morgan fingerprint density at radius 2 is 2.25 bits per heavy atom. The van der Waals surface area contributed by atoms with Gasteiger partial charge in [0.15, 0.2) is 0 Å². The van der Waals surface area contributed by atoms with E-state index in [1.807, 2.05) is 37.3 Å². The molecular formula is C12H14N2OS. The molecule has 0 saturated heterocycles. The topological polar surface area (TPSA) is 58.9 Å². The number of amides is 1. The Morgan fingerprint density at radius 3 is 2.88 bits per heavy atom. The number of aromatic amines is 1. The maximum Gasteiger partial charge on any atom is 0.230 e. The number of fused-ring (bicyclic) bond motifs is 1. The number of hydrogen-bond acceptors (Lipinski definition) is 2. The van der Waals surface area contributed by atoms with Crippen molar-refractivity contribution in [2.45, 2.75) is 23.6 Å². The van der Waals surface area contributed by atoms with Crippen molar-refractivity contribution in [1.82, 2.24) is 4.98 Å². The van der Waals surface area contributed by atoms with Gasteiger partial charge in [0.1, 0.15) is 0 Å². The number of benzene rings is 1. The molecule has 3 nitrogen and oxygen atoms in total. The van der Waals surface area contributed by atoms with E-state index in [0.717, 1.165) is 22.3 Å². The number of nitrogens with two attached hydrogens (primary N) is 1. The van der Waals surface area contributed by atoms with Gasteiger partial charge in [0.2, 0.25) is 5.91 Å². The minimum atomic E-state index is -0.258. The van der Waals surface area contributed by atoms with Gasteiger partial charge in [0.05, 0.1) is 10.3 Å². The first-order chi connectivity index (χ1) is 7.70. The molecule has 0 spiro atoms. The van der Waals surface area contributed by atoms with E-state index >= 15 is 0 Å². The van der Waals surface area contributed by atoms with Crippen molar-refractivity contribution in [3.05, 3.63) is 30.3 Å². The second-order valence-corrected chi connectivity index (χ2v) is 4.88. The molecule has 4 heteroatoms. The average molecular weight is 234 g/mol. The standard InChI is InChI=1S/C12H14N2OS/c1-2-10(12(13)15)16-11-7-8-5-3-4-6-9(8)14-11/h3-7,10,14H,2H2,1H3,(H2,13,15). The number of thioether (sulfide) groups is 1. The van der Waals surface area contributed by atoms with Gasteiger partial charge in [-0.15, -0.1) is 0 Å². The second-order valence-electron chi connectivity index (χ2n) is 3.64. The predicted molar refractivity (Wildman–Crippen MR) is 67.4 cm³/mol. The van der Waals surface area contributed by atoms with Crippen LogP contribution in [0, 0.1) is 0 Å². The predicted octanol–water partition coefficient (Wildman–Crippen LogP) is 2.52. The first-order valence-corrected chi connectivity index (χ1v) is 6.12. The van der Waals surface area contributed by atoms with Crippen LogP contribution in [0.2, 0.25) is 0 Å². The van der Waals surface area contributed by atoms with E-state index in [4.69, 9.17) is 5.73 Å². The SMILES string of the molecule is CCC(Sc1cc2ccccc2[nH]1)C(N)=O. The van der Waals surface area contributed by atoms with Gasteiger partial charge in [-0.1, -0.05) is 36.9 Å². The molecule has 2 rings (SSSR count).